The Bertz CT molecular complexity index is 1000. The van der Waals surface area contributed by atoms with E-state index in [1.807, 2.05) is 6.07 Å². The summed E-state index contributed by atoms with van der Waals surface area (Å²) in [6.07, 6.45) is 3.12. The minimum atomic E-state index is -3.74. The number of hydrogen-bond donors (Lipinski definition) is 1. The summed E-state index contributed by atoms with van der Waals surface area (Å²) in [5.41, 5.74) is 0.973. The number of benzene rings is 2. The number of carbonyl (C=O) groups is 1. The highest BCUT2D eigenvalue weighted by atomic mass is 32.2. The minimum Gasteiger partial charge on any atom is -0.326 e. The highest BCUT2D eigenvalue weighted by Gasteiger charge is 2.21. The second-order valence-corrected chi connectivity index (χ2v) is 7.76. The molecule has 0 fully saturated rings. The van der Waals surface area contributed by atoms with Gasteiger partial charge in [0.2, 0.25) is 5.91 Å². The van der Waals surface area contributed by atoms with Gasteiger partial charge in [0.15, 0.2) is 0 Å². The molecule has 1 aromatic heterocycles. The molecule has 3 rings (SSSR count). The van der Waals surface area contributed by atoms with Crippen molar-refractivity contribution in [2.24, 2.45) is 0 Å². The van der Waals surface area contributed by atoms with Crippen LogP contribution in [0.1, 0.15) is 6.42 Å². The number of hydrogen-bond acceptors (Lipinski definition) is 5. The third-order valence-corrected chi connectivity index (χ3v) is 5.71. The van der Waals surface area contributed by atoms with Gasteiger partial charge in [-0.05, 0) is 30.3 Å². The fraction of sp³-hybridized carbons (Fsp3) is 0.167. The SMILES string of the molecule is CN(c1ccccc1)S(=O)(=O)c1cccc(NC(=O)CCn2cncn2)c1. The van der Waals surface area contributed by atoms with Crippen LogP contribution in [0.15, 0.2) is 72.1 Å². The van der Waals surface area contributed by atoms with Crippen molar-refractivity contribution in [1.29, 1.82) is 0 Å². The van der Waals surface area contributed by atoms with Crippen LogP contribution in [0.2, 0.25) is 0 Å². The molecule has 0 aliphatic heterocycles. The lowest BCUT2D eigenvalue weighted by molar-refractivity contribution is -0.116. The van der Waals surface area contributed by atoms with E-state index in [1.54, 1.807) is 41.1 Å². The van der Waals surface area contributed by atoms with Crippen LogP contribution < -0.4 is 9.62 Å². The van der Waals surface area contributed by atoms with Gasteiger partial charge in [0.25, 0.3) is 10.0 Å². The fourth-order valence-electron chi connectivity index (χ4n) is 2.46. The Hall–Kier alpha value is -3.20. The highest BCUT2D eigenvalue weighted by Crippen LogP contribution is 2.23. The van der Waals surface area contributed by atoms with Crippen molar-refractivity contribution < 1.29 is 13.2 Å². The molecule has 8 nitrogen and oxygen atoms in total. The van der Waals surface area contributed by atoms with E-state index in [9.17, 15) is 13.2 Å². The van der Waals surface area contributed by atoms with E-state index in [0.29, 0.717) is 17.9 Å². The van der Waals surface area contributed by atoms with Crippen molar-refractivity contribution >= 4 is 27.3 Å². The van der Waals surface area contributed by atoms with E-state index >= 15 is 0 Å². The fourth-order valence-corrected chi connectivity index (χ4v) is 3.70. The number of rotatable bonds is 7. The second-order valence-electron chi connectivity index (χ2n) is 5.79. The molecule has 0 atom stereocenters. The molecule has 0 radical (unpaired) electrons. The zero-order chi connectivity index (χ0) is 19.3. The van der Waals surface area contributed by atoms with Gasteiger partial charge in [-0.2, -0.15) is 5.10 Å². The van der Waals surface area contributed by atoms with Crippen LogP contribution in [0.3, 0.4) is 0 Å². The topological polar surface area (TPSA) is 97.2 Å². The molecule has 0 aliphatic rings. The summed E-state index contributed by atoms with van der Waals surface area (Å²) in [5.74, 6) is -0.239. The summed E-state index contributed by atoms with van der Waals surface area (Å²) in [6, 6.07) is 15.0. The van der Waals surface area contributed by atoms with Crippen molar-refractivity contribution in [3.63, 3.8) is 0 Å². The second kappa shape index (κ2) is 8.00. The lowest BCUT2D eigenvalue weighted by atomic mass is 10.3. The summed E-state index contributed by atoms with van der Waals surface area (Å²) >= 11 is 0. The molecular weight excluding hydrogens is 366 g/mol. The largest absolute Gasteiger partial charge is 0.326 e. The number of para-hydroxylation sites is 1. The summed E-state index contributed by atoms with van der Waals surface area (Å²) in [7, 11) is -2.24. The van der Waals surface area contributed by atoms with Gasteiger partial charge in [-0.1, -0.05) is 24.3 Å². The predicted octanol–water partition coefficient (Wildman–Crippen LogP) is 2.13. The van der Waals surface area contributed by atoms with Gasteiger partial charge >= 0.3 is 0 Å². The number of amides is 1. The Labute approximate surface area is 157 Å². The molecular formula is C18H19N5O3S. The molecule has 140 valence electrons. The van der Waals surface area contributed by atoms with Crippen LogP contribution in [0, 0.1) is 0 Å². The van der Waals surface area contributed by atoms with Crippen LogP contribution in [-0.4, -0.2) is 36.1 Å². The van der Waals surface area contributed by atoms with E-state index in [4.69, 9.17) is 0 Å². The molecule has 0 aliphatic carbocycles. The van der Waals surface area contributed by atoms with Gasteiger partial charge in [0.1, 0.15) is 12.7 Å². The van der Waals surface area contributed by atoms with Gasteiger partial charge in [-0.3, -0.25) is 13.8 Å². The molecule has 0 saturated carbocycles. The molecule has 2 aromatic carbocycles. The van der Waals surface area contributed by atoms with Crippen molar-refractivity contribution in [1.82, 2.24) is 14.8 Å². The zero-order valence-electron chi connectivity index (χ0n) is 14.7. The van der Waals surface area contributed by atoms with E-state index in [0.717, 1.165) is 0 Å². The molecule has 27 heavy (non-hydrogen) atoms. The Morgan fingerprint density at radius 3 is 2.63 bits per heavy atom. The van der Waals surface area contributed by atoms with Crippen LogP contribution in [0.25, 0.3) is 0 Å². The molecule has 3 aromatic rings. The van der Waals surface area contributed by atoms with Gasteiger partial charge in [0.05, 0.1) is 17.1 Å². The smallest absolute Gasteiger partial charge is 0.264 e. The maximum Gasteiger partial charge on any atom is 0.264 e. The lowest BCUT2D eigenvalue weighted by Crippen LogP contribution is -2.26. The molecule has 0 spiro atoms. The summed E-state index contributed by atoms with van der Waals surface area (Å²) < 4.78 is 28.5. The van der Waals surface area contributed by atoms with Gasteiger partial charge in [-0.25, -0.2) is 13.4 Å². The average Bonchev–Trinajstić information content (AvgIpc) is 3.20. The molecule has 0 bridgehead atoms. The number of aryl methyl sites for hydroxylation is 1. The first-order chi connectivity index (χ1) is 13.0. The lowest BCUT2D eigenvalue weighted by Gasteiger charge is -2.19. The Morgan fingerprint density at radius 2 is 1.93 bits per heavy atom. The summed E-state index contributed by atoms with van der Waals surface area (Å²) in [5, 5.41) is 6.64. The number of nitrogens with zero attached hydrogens (tertiary/aromatic N) is 4. The Kier molecular flexibility index (Phi) is 5.51. The van der Waals surface area contributed by atoms with Gasteiger partial charge in [0, 0.05) is 19.2 Å². The van der Waals surface area contributed by atoms with Crippen LogP contribution >= 0.6 is 0 Å². The van der Waals surface area contributed by atoms with Crippen LogP contribution in [0.4, 0.5) is 11.4 Å². The Balaban J connectivity index is 1.71. The highest BCUT2D eigenvalue weighted by molar-refractivity contribution is 7.92. The molecule has 1 amide bonds. The number of nitrogens with one attached hydrogen (secondary N) is 1. The first-order valence-electron chi connectivity index (χ1n) is 8.23. The van der Waals surface area contributed by atoms with Crippen molar-refractivity contribution in [3.05, 3.63) is 67.3 Å². The van der Waals surface area contributed by atoms with Crippen LogP contribution in [0.5, 0.6) is 0 Å². The van der Waals surface area contributed by atoms with E-state index < -0.39 is 10.0 Å². The first-order valence-corrected chi connectivity index (χ1v) is 9.67. The van der Waals surface area contributed by atoms with Crippen molar-refractivity contribution in [3.8, 4) is 0 Å². The number of anilines is 2. The summed E-state index contributed by atoms with van der Waals surface area (Å²) in [4.78, 5) is 16.0. The molecule has 1 heterocycles. The summed E-state index contributed by atoms with van der Waals surface area (Å²) in [6.45, 7) is 0.389. The van der Waals surface area contributed by atoms with Gasteiger partial charge < -0.3 is 5.32 Å². The van der Waals surface area contributed by atoms with Gasteiger partial charge in [-0.15, -0.1) is 0 Å². The number of carbonyl (C=O) groups excluding carboxylic acids is 1. The van der Waals surface area contributed by atoms with E-state index in [2.05, 4.69) is 15.4 Å². The Morgan fingerprint density at radius 1 is 1.15 bits per heavy atom. The third-order valence-electron chi connectivity index (χ3n) is 3.93. The quantitative estimate of drug-likeness (QED) is 0.672. The van der Waals surface area contributed by atoms with Crippen molar-refractivity contribution in [2.75, 3.05) is 16.7 Å². The standard InChI is InChI=1S/C18H19N5O3S/c1-22(16-7-3-2-4-8-16)27(25,26)17-9-5-6-15(12-17)21-18(24)10-11-23-14-19-13-20-23/h2-9,12-14H,10-11H2,1H3,(H,21,24). The van der Waals surface area contributed by atoms with E-state index in [1.165, 1.54) is 36.1 Å². The first kappa shape index (κ1) is 18.6. The third kappa shape index (κ3) is 4.50. The average molecular weight is 385 g/mol. The maximum absolute atomic E-state index is 12.8. The van der Waals surface area contributed by atoms with E-state index in [-0.39, 0.29) is 17.2 Å². The number of sulfonamides is 1. The predicted molar refractivity (Wildman–Crippen MR) is 102 cm³/mol. The molecule has 0 saturated heterocycles. The normalized spacial score (nSPS) is 11.1. The molecule has 0 unspecified atom stereocenters. The maximum atomic E-state index is 12.8. The van der Waals surface area contributed by atoms with Crippen LogP contribution in [-0.2, 0) is 21.4 Å². The number of aromatic nitrogens is 3. The molecule has 1 N–H and O–H groups in total. The zero-order valence-corrected chi connectivity index (χ0v) is 15.5. The monoisotopic (exact) mass is 385 g/mol. The minimum absolute atomic E-state index is 0.0999. The molecule has 9 heteroatoms. The van der Waals surface area contributed by atoms with Crippen molar-refractivity contribution in [2.45, 2.75) is 17.9 Å².